The van der Waals surface area contributed by atoms with Gasteiger partial charge in [0.1, 0.15) is 35.1 Å². The summed E-state index contributed by atoms with van der Waals surface area (Å²) in [5.74, 6) is -1.67. The molecule has 2 aromatic rings. The molecule has 0 saturated heterocycles. The van der Waals surface area contributed by atoms with Crippen LogP contribution in [0.15, 0.2) is 48.5 Å². The molecule has 2 aromatic carbocycles. The summed E-state index contributed by atoms with van der Waals surface area (Å²) < 4.78 is 11.1. The van der Waals surface area contributed by atoms with E-state index in [0.29, 0.717) is 17.5 Å². The summed E-state index contributed by atoms with van der Waals surface area (Å²) in [4.78, 5) is 56.2. The molecule has 0 radical (unpaired) electrons. The minimum atomic E-state index is -1.20. The van der Waals surface area contributed by atoms with Crippen LogP contribution >= 0.6 is 12.6 Å². The Kier molecular flexibility index (Phi) is 11.6. The molecule has 5 unspecified atom stereocenters. The van der Waals surface area contributed by atoms with Crippen molar-refractivity contribution in [3.05, 3.63) is 65.2 Å². The number of esters is 1. The van der Waals surface area contributed by atoms with Crippen molar-refractivity contribution in [1.82, 2.24) is 15.5 Å². The minimum absolute atomic E-state index is 0.0334. The van der Waals surface area contributed by atoms with E-state index in [1.165, 1.54) is 11.0 Å². The van der Waals surface area contributed by atoms with E-state index >= 15 is 0 Å². The number of rotatable bonds is 11. The molecule has 0 bridgehead atoms. The Labute approximate surface area is 271 Å². The van der Waals surface area contributed by atoms with Crippen LogP contribution in [0.5, 0.6) is 5.75 Å². The zero-order valence-electron chi connectivity index (χ0n) is 27.4. The van der Waals surface area contributed by atoms with Gasteiger partial charge in [-0.3, -0.25) is 9.59 Å². The van der Waals surface area contributed by atoms with Crippen molar-refractivity contribution in [1.29, 1.82) is 0 Å². The predicted molar refractivity (Wildman–Crippen MR) is 175 cm³/mol. The third-order valence-electron chi connectivity index (χ3n) is 7.20. The van der Waals surface area contributed by atoms with Crippen LogP contribution in [0.1, 0.15) is 77.6 Å². The van der Waals surface area contributed by atoms with Crippen LogP contribution in [0.2, 0.25) is 0 Å². The number of ether oxygens (including phenoxy) is 2. The molecule has 3 amide bonds. The fourth-order valence-corrected chi connectivity index (χ4v) is 5.19. The lowest BCUT2D eigenvalue weighted by Gasteiger charge is -2.35. The first-order valence-corrected chi connectivity index (χ1v) is 15.8. The molecule has 1 saturated carbocycles. The van der Waals surface area contributed by atoms with Gasteiger partial charge in [-0.1, -0.05) is 43.3 Å². The van der Waals surface area contributed by atoms with Gasteiger partial charge in [-0.2, -0.15) is 12.6 Å². The maximum atomic E-state index is 14.4. The first-order chi connectivity index (χ1) is 20.9. The fraction of sp³-hybridized carbons (Fsp3) is 0.529. The zero-order valence-corrected chi connectivity index (χ0v) is 28.3. The quantitative estimate of drug-likeness (QED) is 0.203. The second-order valence-corrected chi connectivity index (χ2v) is 14.0. The van der Waals surface area contributed by atoms with Crippen LogP contribution in [-0.2, 0) is 30.3 Å². The lowest BCUT2D eigenvalue weighted by molar-refractivity contribution is -0.159. The Morgan fingerprint density at radius 2 is 1.56 bits per heavy atom. The number of amides is 3. The molecular weight excluding hydrogens is 594 g/mol. The van der Waals surface area contributed by atoms with Crippen molar-refractivity contribution in [3.63, 3.8) is 0 Å². The van der Waals surface area contributed by atoms with Crippen LogP contribution in [0.3, 0.4) is 0 Å². The predicted octanol–water partition coefficient (Wildman–Crippen LogP) is 4.87. The zero-order chi connectivity index (χ0) is 33.7. The van der Waals surface area contributed by atoms with Crippen molar-refractivity contribution >= 4 is 36.5 Å². The SMILES string of the molecule is Cc1cc(C(C(=O)NC(Cc2ccccc2)C(=O)OC(C)(C)C)N(C(=O)C(CS)NC(=O)OC(C)(C)C)C2CC2C)ccc1O. The molecule has 0 spiro atoms. The molecule has 5 atom stereocenters. The minimum Gasteiger partial charge on any atom is -0.508 e. The maximum Gasteiger partial charge on any atom is 0.408 e. The molecule has 3 rings (SSSR count). The van der Waals surface area contributed by atoms with Crippen molar-refractivity contribution in [2.24, 2.45) is 5.92 Å². The molecule has 246 valence electrons. The summed E-state index contributed by atoms with van der Waals surface area (Å²) in [5, 5.41) is 15.8. The van der Waals surface area contributed by atoms with Gasteiger partial charge in [0.15, 0.2) is 0 Å². The smallest absolute Gasteiger partial charge is 0.408 e. The van der Waals surface area contributed by atoms with Gasteiger partial charge in [0.25, 0.3) is 0 Å². The number of aryl methyl sites for hydroxylation is 1. The van der Waals surface area contributed by atoms with Crippen LogP contribution in [0.4, 0.5) is 4.79 Å². The summed E-state index contributed by atoms with van der Waals surface area (Å²) >= 11 is 4.35. The number of thiol groups is 1. The highest BCUT2D eigenvalue weighted by atomic mass is 32.1. The van der Waals surface area contributed by atoms with Crippen LogP contribution in [0.25, 0.3) is 0 Å². The number of carbonyl (C=O) groups excluding carboxylic acids is 4. The Balaban J connectivity index is 2.05. The molecule has 3 N–H and O–H groups in total. The molecule has 10 nitrogen and oxygen atoms in total. The Hall–Kier alpha value is -3.73. The molecule has 0 aliphatic heterocycles. The highest BCUT2D eigenvalue weighted by Crippen LogP contribution is 2.41. The van der Waals surface area contributed by atoms with Gasteiger partial charge in [0.05, 0.1) is 0 Å². The summed E-state index contributed by atoms with van der Waals surface area (Å²) in [6, 6.07) is 10.3. The van der Waals surface area contributed by atoms with E-state index in [1.54, 1.807) is 60.6 Å². The molecular formula is C34H47N3O7S. The second kappa shape index (κ2) is 14.6. The molecule has 11 heteroatoms. The largest absolute Gasteiger partial charge is 0.508 e. The third-order valence-corrected chi connectivity index (χ3v) is 7.57. The molecule has 1 fully saturated rings. The number of hydrogen-bond acceptors (Lipinski definition) is 8. The second-order valence-electron chi connectivity index (χ2n) is 13.6. The Morgan fingerprint density at radius 1 is 0.956 bits per heavy atom. The molecule has 1 aliphatic rings. The van der Waals surface area contributed by atoms with Crippen LogP contribution in [-0.4, -0.2) is 69.0 Å². The maximum absolute atomic E-state index is 14.4. The lowest BCUT2D eigenvalue weighted by Crippen LogP contribution is -2.56. The average Bonchev–Trinajstić information content (AvgIpc) is 3.65. The number of benzene rings is 2. The van der Waals surface area contributed by atoms with Gasteiger partial charge in [-0.15, -0.1) is 0 Å². The highest BCUT2D eigenvalue weighted by Gasteiger charge is 2.48. The number of hydrogen-bond donors (Lipinski definition) is 4. The molecule has 45 heavy (non-hydrogen) atoms. The van der Waals surface area contributed by atoms with Crippen molar-refractivity contribution in [2.45, 2.75) is 104 Å². The number of nitrogens with zero attached hydrogens (tertiary/aromatic N) is 1. The van der Waals surface area contributed by atoms with E-state index in [0.717, 1.165) is 5.56 Å². The monoisotopic (exact) mass is 641 g/mol. The number of phenolic OH excluding ortho intramolecular Hbond substituents is 1. The summed E-state index contributed by atoms with van der Waals surface area (Å²) in [6.07, 6.45) is 0.0153. The average molecular weight is 642 g/mol. The van der Waals surface area contributed by atoms with Gasteiger partial charge >= 0.3 is 12.1 Å². The highest BCUT2D eigenvalue weighted by molar-refractivity contribution is 7.80. The Morgan fingerprint density at radius 3 is 2.07 bits per heavy atom. The normalized spacial score (nSPS) is 18.2. The van der Waals surface area contributed by atoms with E-state index in [1.807, 2.05) is 37.3 Å². The van der Waals surface area contributed by atoms with E-state index < -0.39 is 53.2 Å². The summed E-state index contributed by atoms with van der Waals surface area (Å²) in [5.41, 5.74) is 0.162. The van der Waals surface area contributed by atoms with E-state index in [4.69, 9.17) is 9.47 Å². The van der Waals surface area contributed by atoms with Crippen LogP contribution < -0.4 is 10.6 Å². The van der Waals surface area contributed by atoms with Crippen LogP contribution in [0, 0.1) is 12.8 Å². The number of phenols is 1. The lowest BCUT2D eigenvalue weighted by atomic mass is 9.98. The van der Waals surface area contributed by atoms with Gasteiger partial charge < -0.3 is 30.1 Å². The first-order valence-electron chi connectivity index (χ1n) is 15.2. The third kappa shape index (κ3) is 10.4. The number of nitrogens with one attached hydrogen (secondary N) is 2. The van der Waals surface area contributed by atoms with Gasteiger partial charge in [0, 0.05) is 18.2 Å². The van der Waals surface area contributed by atoms with E-state index in [-0.39, 0.29) is 29.9 Å². The Bertz CT molecular complexity index is 1370. The van der Waals surface area contributed by atoms with Gasteiger partial charge in [-0.05, 0) is 89.6 Å². The fourth-order valence-electron chi connectivity index (χ4n) is 4.94. The van der Waals surface area contributed by atoms with Gasteiger partial charge in [0.2, 0.25) is 11.8 Å². The van der Waals surface area contributed by atoms with Crippen molar-refractivity contribution < 1.29 is 33.8 Å². The summed E-state index contributed by atoms with van der Waals surface area (Å²) in [6.45, 7) is 14.1. The van der Waals surface area contributed by atoms with E-state index in [2.05, 4.69) is 23.3 Å². The first kappa shape index (κ1) is 35.7. The van der Waals surface area contributed by atoms with E-state index in [9.17, 15) is 24.3 Å². The molecule has 1 aliphatic carbocycles. The van der Waals surface area contributed by atoms with Crippen molar-refractivity contribution in [2.75, 3.05) is 5.75 Å². The topological polar surface area (TPSA) is 134 Å². The number of alkyl carbamates (subject to hydrolysis) is 1. The van der Waals surface area contributed by atoms with Gasteiger partial charge in [-0.25, -0.2) is 9.59 Å². The molecule has 0 aromatic heterocycles. The van der Waals surface area contributed by atoms with Crippen molar-refractivity contribution in [3.8, 4) is 5.75 Å². The summed E-state index contributed by atoms with van der Waals surface area (Å²) in [7, 11) is 0. The number of carbonyl (C=O) groups is 4. The molecule has 0 heterocycles. The number of aromatic hydroxyl groups is 1. The standard InChI is InChI=1S/C34H47N3O7S/c1-20-17-26(20)37(30(40)25(19-45)36-32(42)44-34(6,7)8)28(23-14-15-27(38)21(2)16-23)29(39)35-24(31(41)43-33(3,4)5)18-22-12-10-9-11-13-22/h9-16,20,24-26,28,38,45H,17-19H2,1-8H3,(H,35,39)(H,36,42).